The van der Waals surface area contributed by atoms with Gasteiger partial charge in [-0.05, 0) is 24.8 Å². The average Bonchev–Trinajstić information content (AvgIpc) is 3.13. The topological polar surface area (TPSA) is 88.4 Å². The number of rotatable bonds is 4. The van der Waals surface area contributed by atoms with Crippen molar-refractivity contribution in [3.05, 3.63) is 34.2 Å². The van der Waals surface area contributed by atoms with Crippen LogP contribution in [0.4, 0.5) is 0 Å². The quantitative estimate of drug-likeness (QED) is 0.786. The molecule has 1 heterocycles. The number of carbonyl (C=O) groups excluding carboxylic acids is 1. The summed E-state index contributed by atoms with van der Waals surface area (Å²) in [4.78, 5) is 34.2. The van der Waals surface area contributed by atoms with E-state index in [-0.39, 0.29) is 17.0 Å². The van der Waals surface area contributed by atoms with Crippen LogP contribution in [-0.4, -0.2) is 27.6 Å². The highest BCUT2D eigenvalue weighted by Gasteiger charge is 2.37. The maximum Gasteiger partial charge on any atom is 0.326 e. The van der Waals surface area contributed by atoms with E-state index in [1.165, 1.54) is 22.9 Å². The van der Waals surface area contributed by atoms with Gasteiger partial charge in [0.05, 0.1) is 0 Å². The van der Waals surface area contributed by atoms with Crippen LogP contribution in [-0.2, 0) is 11.8 Å². The molecule has 1 aromatic rings. The van der Waals surface area contributed by atoms with E-state index >= 15 is 0 Å². The molecule has 0 bridgehead atoms. The van der Waals surface area contributed by atoms with Crippen LogP contribution in [0.25, 0.3) is 0 Å². The molecule has 1 aromatic heterocycles. The van der Waals surface area contributed by atoms with Crippen molar-refractivity contribution in [3.63, 3.8) is 0 Å². The first-order valence-corrected chi connectivity index (χ1v) is 5.69. The molecule has 1 atom stereocenters. The normalized spacial score (nSPS) is 16.1. The number of nitrogens with zero attached hydrogens (tertiary/aromatic N) is 1. The maximum absolute atomic E-state index is 11.8. The second kappa shape index (κ2) is 4.64. The van der Waals surface area contributed by atoms with Gasteiger partial charge in [0.15, 0.2) is 0 Å². The molecule has 6 nitrogen and oxygen atoms in total. The summed E-state index contributed by atoms with van der Waals surface area (Å²) in [5, 5.41) is 11.5. The van der Waals surface area contributed by atoms with E-state index in [1.54, 1.807) is 7.05 Å². The summed E-state index contributed by atoms with van der Waals surface area (Å²) in [5.41, 5.74) is -0.119. The molecule has 0 radical (unpaired) electrons. The summed E-state index contributed by atoms with van der Waals surface area (Å²) in [7, 11) is 1.58. The molecule has 96 valence electrons. The standard InChI is InChI=1S/C12H14N2O4/c1-14-5-4-8(6-9(14)15)11(16)13-10(12(17)18)7-2-3-7/h4-7,10H,2-3H2,1H3,(H,13,16)(H,17,18). The van der Waals surface area contributed by atoms with Crippen molar-refractivity contribution < 1.29 is 14.7 Å². The zero-order chi connectivity index (χ0) is 13.3. The van der Waals surface area contributed by atoms with Crippen molar-refractivity contribution >= 4 is 11.9 Å². The molecule has 0 saturated heterocycles. The number of hydrogen-bond donors (Lipinski definition) is 2. The third-order valence-corrected chi connectivity index (χ3v) is 3.01. The van der Waals surface area contributed by atoms with Crippen molar-refractivity contribution in [2.45, 2.75) is 18.9 Å². The molecule has 1 saturated carbocycles. The molecule has 6 heteroatoms. The molecule has 1 aliphatic rings. The lowest BCUT2D eigenvalue weighted by Crippen LogP contribution is -2.42. The first-order valence-electron chi connectivity index (χ1n) is 5.69. The molecule has 0 aromatic carbocycles. The minimum Gasteiger partial charge on any atom is -0.480 e. The zero-order valence-corrected chi connectivity index (χ0v) is 9.92. The number of amides is 1. The van der Waals surface area contributed by atoms with Crippen molar-refractivity contribution in [2.24, 2.45) is 13.0 Å². The molecular formula is C12H14N2O4. The van der Waals surface area contributed by atoms with Gasteiger partial charge in [-0.1, -0.05) is 0 Å². The summed E-state index contributed by atoms with van der Waals surface area (Å²) >= 11 is 0. The van der Waals surface area contributed by atoms with E-state index in [0.29, 0.717) is 0 Å². The van der Waals surface area contributed by atoms with Gasteiger partial charge in [-0.3, -0.25) is 9.59 Å². The minimum atomic E-state index is -1.03. The Morgan fingerprint density at radius 3 is 2.67 bits per heavy atom. The molecule has 1 unspecified atom stereocenters. The Morgan fingerprint density at radius 1 is 1.50 bits per heavy atom. The minimum absolute atomic E-state index is 0.0120. The predicted molar refractivity (Wildman–Crippen MR) is 63.3 cm³/mol. The van der Waals surface area contributed by atoms with Crippen molar-refractivity contribution in [1.29, 1.82) is 0 Å². The van der Waals surface area contributed by atoms with E-state index in [0.717, 1.165) is 12.8 Å². The van der Waals surface area contributed by atoms with Crippen LogP contribution in [0, 0.1) is 5.92 Å². The average molecular weight is 250 g/mol. The lowest BCUT2D eigenvalue weighted by molar-refractivity contribution is -0.139. The van der Waals surface area contributed by atoms with Gasteiger partial charge in [-0.2, -0.15) is 0 Å². The highest BCUT2D eigenvalue weighted by molar-refractivity contribution is 5.96. The fourth-order valence-electron chi connectivity index (χ4n) is 1.73. The van der Waals surface area contributed by atoms with Crippen LogP contribution in [0.2, 0.25) is 0 Å². The van der Waals surface area contributed by atoms with Crippen LogP contribution < -0.4 is 10.9 Å². The molecular weight excluding hydrogens is 236 g/mol. The van der Waals surface area contributed by atoms with Crippen LogP contribution in [0.15, 0.2) is 23.1 Å². The molecule has 2 rings (SSSR count). The van der Waals surface area contributed by atoms with Gasteiger partial charge in [-0.15, -0.1) is 0 Å². The number of nitrogens with one attached hydrogen (secondary N) is 1. The summed E-state index contributed by atoms with van der Waals surface area (Å²) in [5.74, 6) is -1.54. The van der Waals surface area contributed by atoms with Crippen LogP contribution >= 0.6 is 0 Å². The Morgan fingerprint density at radius 2 is 2.17 bits per heavy atom. The van der Waals surface area contributed by atoms with Gasteiger partial charge < -0.3 is 15.0 Å². The van der Waals surface area contributed by atoms with Crippen molar-refractivity contribution in [1.82, 2.24) is 9.88 Å². The first kappa shape index (κ1) is 12.3. The third-order valence-electron chi connectivity index (χ3n) is 3.01. The van der Waals surface area contributed by atoms with E-state index in [9.17, 15) is 14.4 Å². The number of carboxylic acid groups (broad SMARTS) is 1. The van der Waals surface area contributed by atoms with E-state index in [2.05, 4.69) is 5.32 Å². The maximum atomic E-state index is 11.8. The number of aryl methyl sites for hydroxylation is 1. The van der Waals surface area contributed by atoms with Crippen LogP contribution in [0.1, 0.15) is 23.2 Å². The van der Waals surface area contributed by atoms with Gasteiger partial charge in [0.2, 0.25) is 0 Å². The fraction of sp³-hybridized carbons (Fsp3) is 0.417. The number of carboxylic acids is 1. The molecule has 2 N–H and O–H groups in total. The zero-order valence-electron chi connectivity index (χ0n) is 9.92. The molecule has 18 heavy (non-hydrogen) atoms. The van der Waals surface area contributed by atoms with Crippen LogP contribution in [0.5, 0.6) is 0 Å². The molecule has 0 aliphatic heterocycles. The number of carbonyl (C=O) groups is 2. The highest BCUT2D eigenvalue weighted by Crippen LogP contribution is 2.32. The molecule has 0 spiro atoms. The van der Waals surface area contributed by atoms with E-state index in [4.69, 9.17) is 5.11 Å². The smallest absolute Gasteiger partial charge is 0.326 e. The Labute approximate surface area is 103 Å². The lowest BCUT2D eigenvalue weighted by atomic mass is 10.1. The van der Waals surface area contributed by atoms with Crippen molar-refractivity contribution in [3.8, 4) is 0 Å². The number of pyridine rings is 1. The summed E-state index contributed by atoms with van der Waals surface area (Å²) < 4.78 is 1.34. The van der Waals surface area contributed by atoms with Crippen molar-refractivity contribution in [2.75, 3.05) is 0 Å². The summed E-state index contributed by atoms with van der Waals surface area (Å²) in [6.07, 6.45) is 3.10. The second-order valence-electron chi connectivity index (χ2n) is 4.49. The monoisotopic (exact) mass is 250 g/mol. The highest BCUT2D eigenvalue weighted by atomic mass is 16.4. The fourth-order valence-corrected chi connectivity index (χ4v) is 1.73. The SMILES string of the molecule is Cn1ccc(C(=O)NC(C(=O)O)C2CC2)cc1=O. The largest absolute Gasteiger partial charge is 0.480 e. The van der Waals surface area contributed by atoms with E-state index < -0.39 is 17.9 Å². The molecule has 1 fully saturated rings. The Balaban J connectivity index is 2.13. The van der Waals surface area contributed by atoms with Gasteiger partial charge in [0.1, 0.15) is 6.04 Å². The number of aliphatic carboxylic acids is 1. The Kier molecular flexibility index (Phi) is 3.18. The Bertz CT molecular complexity index is 545. The number of aromatic nitrogens is 1. The number of hydrogen-bond acceptors (Lipinski definition) is 3. The first-order chi connectivity index (χ1) is 8.49. The van der Waals surface area contributed by atoms with Gasteiger partial charge in [0, 0.05) is 24.9 Å². The molecule has 1 aliphatic carbocycles. The lowest BCUT2D eigenvalue weighted by Gasteiger charge is -2.13. The second-order valence-corrected chi connectivity index (χ2v) is 4.49. The predicted octanol–water partition coefficient (Wildman–Crippen LogP) is -0.0217. The van der Waals surface area contributed by atoms with Crippen LogP contribution in [0.3, 0.4) is 0 Å². The van der Waals surface area contributed by atoms with Gasteiger partial charge >= 0.3 is 5.97 Å². The van der Waals surface area contributed by atoms with Gasteiger partial charge in [0.25, 0.3) is 11.5 Å². The third kappa shape index (κ3) is 2.58. The Hall–Kier alpha value is -2.11. The summed E-state index contributed by atoms with van der Waals surface area (Å²) in [6, 6.07) is 1.82. The van der Waals surface area contributed by atoms with E-state index in [1.807, 2.05) is 0 Å². The van der Waals surface area contributed by atoms with Gasteiger partial charge in [-0.25, -0.2) is 4.79 Å². The summed E-state index contributed by atoms with van der Waals surface area (Å²) in [6.45, 7) is 0. The molecule has 1 amide bonds.